The molecule has 2 saturated heterocycles. The van der Waals surface area contributed by atoms with Crippen LogP contribution in [0.15, 0.2) is 6.33 Å². The number of nitrogens with two attached hydrogens (primary N) is 2. The predicted molar refractivity (Wildman–Crippen MR) is 142 cm³/mol. The Hall–Kier alpha value is -2.92. The molecule has 228 valence electrons. The minimum Gasteiger partial charge on any atom is -0.463 e. The number of hydrogen-bond acceptors (Lipinski definition) is 15. The topological polar surface area (TPSA) is 245 Å². The lowest BCUT2D eigenvalue weighted by atomic mass is 9.87. The molecule has 6 atom stereocenters. The van der Waals surface area contributed by atoms with Crippen LogP contribution in [0.25, 0.3) is 11.2 Å². The van der Waals surface area contributed by atoms with Crippen LogP contribution >= 0.6 is 7.82 Å². The molecule has 1 unspecified atom stereocenters. The van der Waals surface area contributed by atoms with Crippen molar-refractivity contribution in [2.24, 2.45) is 5.41 Å². The molecular formula is C23H36N7O10P. The van der Waals surface area contributed by atoms with Gasteiger partial charge in [0.05, 0.1) is 32.1 Å². The maximum absolute atomic E-state index is 13.3. The lowest BCUT2D eigenvalue weighted by Crippen LogP contribution is -2.50. The first kappa shape index (κ1) is 31.0. The van der Waals surface area contributed by atoms with Crippen molar-refractivity contribution in [3.63, 3.8) is 0 Å². The average molecular weight is 602 g/mol. The van der Waals surface area contributed by atoms with Crippen LogP contribution in [0.1, 0.15) is 47.3 Å². The second-order valence-corrected chi connectivity index (χ2v) is 12.7. The van der Waals surface area contributed by atoms with Gasteiger partial charge in [-0.15, -0.1) is 0 Å². The number of ether oxygens (including phenoxy) is 2. The Morgan fingerprint density at radius 3 is 2.68 bits per heavy atom. The van der Waals surface area contributed by atoms with Crippen molar-refractivity contribution in [3.05, 3.63) is 6.33 Å². The maximum atomic E-state index is 13.3. The molecule has 4 rings (SSSR count). The fourth-order valence-corrected chi connectivity index (χ4v) is 6.12. The summed E-state index contributed by atoms with van der Waals surface area (Å²) in [7, 11) is -4.32. The summed E-state index contributed by atoms with van der Waals surface area (Å²) < 4.78 is 41.9. The Balaban J connectivity index is 1.42. The number of aliphatic hydroxyl groups excluding tert-OH is 1. The molecule has 2 fully saturated rings. The summed E-state index contributed by atoms with van der Waals surface area (Å²) in [5.41, 5.74) is 9.15. The van der Waals surface area contributed by atoms with Gasteiger partial charge in [0.1, 0.15) is 23.3 Å². The molecule has 0 saturated carbocycles. The third kappa shape index (κ3) is 6.45. The van der Waals surface area contributed by atoms with Crippen molar-refractivity contribution in [2.45, 2.75) is 77.3 Å². The van der Waals surface area contributed by atoms with E-state index in [1.165, 1.54) is 17.8 Å². The number of phosphoric acid groups is 1. The van der Waals surface area contributed by atoms with E-state index in [1.807, 2.05) is 0 Å². The van der Waals surface area contributed by atoms with Gasteiger partial charge in [0.2, 0.25) is 11.9 Å². The number of esters is 1. The number of carbonyl (C=O) groups excluding carboxylic acids is 2. The molecule has 4 heterocycles. The van der Waals surface area contributed by atoms with E-state index in [1.54, 1.807) is 27.7 Å². The Morgan fingerprint density at radius 1 is 1.29 bits per heavy atom. The van der Waals surface area contributed by atoms with Crippen LogP contribution in [-0.2, 0) is 37.2 Å². The summed E-state index contributed by atoms with van der Waals surface area (Å²) in [5.74, 6) is -1.21. The zero-order valence-corrected chi connectivity index (χ0v) is 24.2. The molecule has 0 bridgehead atoms. The lowest BCUT2D eigenvalue weighted by molar-refractivity contribution is -0.147. The van der Waals surface area contributed by atoms with Crippen molar-refractivity contribution in [2.75, 3.05) is 31.2 Å². The van der Waals surface area contributed by atoms with Crippen LogP contribution in [-0.4, -0.2) is 91.4 Å². The molecular weight excluding hydrogens is 565 g/mol. The van der Waals surface area contributed by atoms with Gasteiger partial charge in [-0.3, -0.25) is 27.7 Å². The number of imidazole rings is 1. The molecule has 17 nitrogen and oxygen atoms in total. The summed E-state index contributed by atoms with van der Waals surface area (Å²) in [6.45, 7) is 7.40. The smallest absolute Gasteiger partial charge is 0.463 e. The monoisotopic (exact) mass is 601 g/mol. The Labute approximate surface area is 235 Å². The SMILES string of the molecule is CC(C)OC(=O)CCNC(=O)[C@@H]1OP(=O)(OC[C@H]2O[C@@H](n3cnc4c(N)nc(N)nc43)[C@@](C)(O)[C@H]2O)OCC1(C)C. The van der Waals surface area contributed by atoms with Crippen molar-refractivity contribution in [1.29, 1.82) is 0 Å². The molecule has 41 heavy (non-hydrogen) atoms. The number of anilines is 2. The minimum atomic E-state index is -4.32. The first-order valence-electron chi connectivity index (χ1n) is 12.9. The van der Waals surface area contributed by atoms with Crippen LogP contribution in [0, 0.1) is 5.41 Å². The predicted octanol–water partition coefficient (Wildman–Crippen LogP) is 0.0242. The molecule has 2 aliphatic heterocycles. The molecule has 2 aromatic heterocycles. The number of rotatable bonds is 9. The molecule has 2 aliphatic rings. The number of aliphatic hydroxyl groups is 2. The van der Waals surface area contributed by atoms with Gasteiger partial charge < -0.3 is 36.5 Å². The molecule has 7 N–H and O–H groups in total. The van der Waals surface area contributed by atoms with Crippen molar-refractivity contribution >= 4 is 42.6 Å². The van der Waals surface area contributed by atoms with E-state index >= 15 is 0 Å². The fourth-order valence-electron chi connectivity index (χ4n) is 4.47. The van der Waals surface area contributed by atoms with Crippen LogP contribution in [0.4, 0.5) is 11.8 Å². The number of fused-ring (bicyclic) bond motifs is 1. The molecule has 0 aromatic carbocycles. The second-order valence-electron chi connectivity index (χ2n) is 11.1. The second kappa shape index (κ2) is 11.4. The van der Waals surface area contributed by atoms with Crippen LogP contribution in [0.3, 0.4) is 0 Å². The molecule has 18 heteroatoms. The van der Waals surface area contributed by atoms with E-state index in [0.717, 1.165) is 0 Å². The van der Waals surface area contributed by atoms with Crippen molar-refractivity contribution < 1.29 is 47.4 Å². The van der Waals surface area contributed by atoms with Gasteiger partial charge in [0.15, 0.2) is 23.8 Å². The van der Waals surface area contributed by atoms with Gasteiger partial charge in [0.25, 0.3) is 0 Å². The molecule has 0 spiro atoms. The quantitative estimate of drug-likeness (QED) is 0.188. The lowest BCUT2D eigenvalue weighted by Gasteiger charge is -2.39. The van der Waals surface area contributed by atoms with E-state index < -0.39 is 61.9 Å². The van der Waals surface area contributed by atoms with Gasteiger partial charge in [0, 0.05) is 12.0 Å². The van der Waals surface area contributed by atoms with Crippen LogP contribution in [0.5, 0.6) is 0 Å². The summed E-state index contributed by atoms with van der Waals surface area (Å²) in [6.07, 6.45) is -4.26. The fraction of sp³-hybridized carbons (Fsp3) is 0.696. The minimum absolute atomic E-state index is 0.0178. The number of nitrogen functional groups attached to an aromatic ring is 2. The number of hydrogen-bond donors (Lipinski definition) is 5. The van der Waals surface area contributed by atoms with E-state index in [9.17, 15) is 24.4 Å². The standard InChI is InChI=1S/C23H36N7O10P/c1-11(2)38-13(31)6-7-26-19(33)16-22(3,4)9-37-41(35,40-16)36-8-12-15(32)23(5,34)20(39-12)30-10-27-14-17(24)28-21(25)29-18(14)30/h10-12,15-16,20,32,34H,6-9H2,1-5H3,(H,26,33)(H4,24,25,28,29)/t12-,15+,16+,20-,23+,41?/m1/s1. The normalized spacial score (nSPS) is 31.4. The number of phosphoric ester groups is 1. The zero-order chi connectivity index (χ0) is 30.3. The van der Waals surface area contributed by atoms with Gasteiger partial charge in [-0.1, -0.05) is 13.8 Å². The van der Waals surface area contributed by atoms with Gasteiger partial charge in [-0.25, -0.2) is 9.55 Å². The highest BCUT2D eigenvalue weighted by Gasteiger charge is 2.55. The highest BCUT2D eigenvalue weighted by molar-refractivity contribution is 7.48. The highest BCUT2D eigenvalue weighted by atomic mass is 31.2. The first-order chi connectivity index (χ1) is 19.0. The van der Waals surface area contributed by atoms with Crippen molar-refractivity contribution in [3.8, 4) is 0 Å². The zero-order valence-electron chi connectivity index (χ0n) is 23.3. The number of nitrogens with zero attached hydrogens (tertiary/aromatic N) is 4. The summed E-state index contributed by atoms with van der Waals surface area (Å²) in [4.78, 5) is 36.7. The van der Waals surface area contributed by atoms with Crippen molar-refractivity contribution in [1.82, 2.24) is 24.8 Å². The van der Waals surface area contributed by atoms with Gasteiger partial charge in [-0.2, -0.15) is 9.97 Å². The van der Waals surface area contributed by atoms with Crippen LogP contribution < -0.4 is 16.8 Å². The Kier molecular flexibility index (Phi) is 8.62. The van der Waals surface area contributed by atoms with Gasteiger partial charge >= 0.3 is 13.8 Å². The molecule has 0 radical (unpaired) electrons. The number of carbonyl (C=O) groups is 2. The Morgan fingerprint density at radius 2 is 2.00 bits per heavy atom. The number of amides is 1. The number of nitrogens with one attached hydrogen (secondary N) is 1. The first-order valence-corrected chi connectivity index (χ1v) is 14.4. The van der Waals surface area contributed by atoms with E-state index in [2.05, 4.69) is 20.3 Å². The Bertz CT molecular complexity index is 1350. The van der Waals surface area contributed by atoms with E-state index in [0.29, 0.717) is 0 Å². The third-order valence-electron chi connectivity index (χ3n) is 6.64. The van der Waals surface area contributed by atoms with Gasteiger partial charge in [-0.05, 0) is 20.8 Å². The summed E-state index contributed by atoms with van der Waals surface area (Å²) in [6, 6.07) is 0. The van der Waals surface area contributed by atoms with E-state index in [-0.39, 0.29) is 48.6 Å². The molecule has 1 amide bonds. The highest BCUT2D eigenvalue weighted by Crippen LogP contribution is 2.57. The van der Waals surface area contributed by atoms with E-state index in [4.69, 9.17) is 34.5 Å². The average Bonchev–Trinajstić information content (AvgIpc) is 3.37. The molecule has 2 aromatic rings. The summed E-state index contributed by atoms with van der Waals surface area (Å²) >= 11 is 0. The number of aromatic nitrogens is 4. The molecule has 0 aliphatic carbocycles. The third-order valence-corrected chi connectivity index (χ3v) is 8.02. The maximum Gasteiger partial charge on any atom is 0.475 e. The van der Waals surface area contributed by atoms with Crippen LogP contribution in [0.2, 0.25) is 0 Å². The summed E-state index contributed by atoms with van der Waals surface area (Å²) in [5, 5.41) is 24.5. The largest absolute Gasteiger partial charge is 0.475 e.